The number of aromatic amines is 1. The predicted octanol–water partition coefficient (Wildman–Crippen LogP) is 3.98. The molecule has 25 heavy (non-hydrogen) atoms. The topological polar surface area (TPSA) is 54.4 Å². The van der Waals surface area contributed by atoms with Crippen LogP contribution in [-0.4, -0.2) is 17.5 Å². The van der Waals surface area contributed by atoms with Gasteiger partial charge in [0.1, 0.15) is 12.6 Å². The zero-order valence-corrected chi connectivity index (χ0v) is 14.3. The van der Waals surface area contributed by atoms with Crippen LogP contribution >= 0.6 is 0 Å². The molecular formula is C21H20N2O2. The number of benzene rings is 2. The molecule has 0 fully saturated rings. The number of nitrogens with zero attached hydrogens (tertiary/aromatic N) is 1. The second kappa shape index (κ2) is 5.88. The zero-order valence-electron chi connectivity index (χ0n) is 14.3. The number of ether oxygens (including phenoxy) is 1. The summed E-state index contributed by atoms with van der Waals surface area (Å²) < 4.78 is 5.96. The van der Waals surface area contributed by atoms with Gasteiger partial charge in [0, 0.05) is 11.8 Å². The summed E-state index contributed by atoms with van der Waals surface area (Å²) in [6, 6.07) is 19.7. The first-order valence-corrected chi connectivity index (χ1v) is 8.44. The Morgan fingerprint density at radius 3 is 2.64 bits per heavy atom. The predicted molar refractivity (Wildman–Crippen MR) is 100 cm³/mol. The Morgan fingerprint density at radius 2 is 1.80 bits per heavy atom. The summed E-state index contributed by atoms with van der Waals surface area (Å²) in [7, 11) is 0. The summed E-state index contributed by atoms with van der Waals surface area (Å²) in [6.45, 7) is 4.55. The maximum absolute atomic E-state index is 11.6. The number of aliphatic imine (C=N–C) groups is 1. The third kappa shape index (κ3) is 2.74. The summed E-state index contributed by atoms with van der Waals surface area (Å²) in [5.41, 5.74) is 1.37. The number of fused-ring (bicyclic) bond motifs is 1. The molecule has 0 radical (unpaired) electrons. The molecule has 1 aliphatic rings. The van der Waals surface area contributed by atoms with Crippen molar-refractivity contribution in [2.45, 2.75) is 25.3 Å². The minimum Gasteiger partial charge on any atom is -0.478 e. The van der Waals surface area contributed by atoms with Gasteiger partial charge in [-0.05, 0) is 36.2 Å². The molecule has 4 nitrogen and oxygen atoms in total. The van der Waals surface area contributed by atoms with Gasteiger partial charge in [-0.15, -0.1) is 0 Å². The van der Waals surface area contributed by atoms with E-state index in [0.29, 0.717) is 12.5 Å². The SMILES string of the molecule is CC(C)(C1=N[C@@H](c2cccc3ccccc23)CO1)c1cccc(=O)[nH]1. The van der Waals surface area contributed by atoms with Crippen molar-refractivity contribution in [3.05, 3.63) is 82.3 Å². The van der Waals surface area contributed by atoms with Crippen molar-refractivity contribution in [3.8, 4) is 0 Å². The summed E-state index contributed by atoms with van der Waals surface area (Å²) in [4.78, 5) is 19.4. The van der Waals surface area contributed by atoms with Crippen LogP contribution in [0.15, 0.2) is 70.5 Å². The van der Waals surface area contributed by atoms with Crippen LogP contribution < -0.4 is 5.56 Å². The normalized spacial score (nSPS) is 17.4. The van der Waals surface area contributed by atoms with E-state index in [4.69, 9.17) is 9.73 Å². The van der Waals surface area contributed by atoms with Crippen molar-refractivity contribution < 1.29 is 4.74 Å². The third-order valence-electron chi connectivity index (χ3n) is 4.81. The van der Waals surface area contributed by atoms with Crippen molar-refractivity contribution in [2.24, 2.45) is 4.99 Å². The summed E-state index contributed by atoms with van der Waals surface area (Å²) in [5.74, 6) is 0.660. The average molecular weight is 332 g/mol. The molecular weight excluding hydrogens is 312 g/mol. The van der Waals surface area contributed by atoms with E-state index in [2.05, 4.69) is 35.3 Å². The van der Waals surface area contributed by atoms with Crippen LogP contribution in [0, 0.1) is 0 Å². The van der Waals surface area contributed by atoms with Crippen molar-refractivity contribution in [1.29, 1.82) is 0 Å². The fraction of sp³-hybridized carbons (Fsp3) is 0.238. The summed E-state index contributed by atoms with van der Waals surface area (Å²) >= 11 is 0. The van der Waals surface area contributed by atoms with E-state index in [1.807, 2.05) is 32.0 Å². The van der Waals surface area contributed by atoms with Gasteiger partial charge >= 0.3 is 0 Å². The van der Waals surface area contributed by atoms with Crippen LogP contribution in [0.3, 0.4) is 0 Å². The van der Waals surface area contributed by atoms with E-state index in [1.54, 1.807) is 6.07 Å². The molecule has 1 aromatic heterocycles. The van der Waals surface area contributed by atoms with Crippen LogP contribution in [0.4, 0.5) is 0 Å². The molecule has 0 amide bonds. The molecule has 0 bridgehead atoms. The highest BCUT2D eigenvalue weighted by Gasteiger charge is 2.35. The Labute approximate surface area is 146 Å². The van der Waals surface area contributed by atoms with E-state index in [0.717, 1.165) is 5.69 Å². The molecule has 1 atom stereocenters. The third-order valence-corrected chi connectivity index (χ3v) is 4.81. The van der Waals surface area contributed by atoms with Gasteiger partial charge in [0.15, 0.2) is 5.90 Å². The van der Waals surface area contributed by atoms with Gasteiger partial charge in [-0.3, -0.25) is 4.79 Å². The van der Waals surface area contributed by atoms with E-state index in [9.17, 15) is 4.79 Å². The molecule has 3 aromatic rings. The van der Waals surface area contributed by atoms with Crippen molar-refractivity contribution >= 4 is 16.7 Å². The average Bonchev–Trinajstić information content (AvgIpc) is 3.12. The van der Waals surface area contributed by atoms with Crippen molar-refractivity contribution in [2.75, 3.05) is 6.61 Å². The Morgan fingerprint density at radius 1 is 1.04 bits per heavy atom. The molecule has 0 unspecified atom stereocenters. The molecule has 0 aliphatic carbocycles. The van der Waals surface area contributed by atoms with Gasteiger partial charge in [-0.25, -0.2) is 4.99 Å². The van der Waals surface area contributed by atoms with E-state index >= 15 is 0 Å². The van der Waals surface area contributed by atoms with E-state index < -0.39 is 5.41 Å². The van der Waals surface area contributed by atoms with E-state index in [-0.39, 0.29) is 11.6 Å². The monoisotopic (exact) mass is 332 g/mol. The highest BCUT2D eigenvalue weighted by atomic mass is 16.5. The Kier molecular flexibility index (Phi) is 3.68. The van der Waals surface area contributed by atoms with Crippen LogP contribution in [0.1, 0.15) is 31.1 Å². The minimum atomic E-state index is -0.486. The van der Waals surface area contributed by atoms with Crippen molar-refractivity contribution in [3.63, 3.8) is 0 Å². The number of hydrogen-bond acceptors (Lipinski definition) is 3. The largest absolute Gasteiger partial charge is 0.478 e. The molecule has 1 aliphatic heterocycles. The smallest absolute Gasteiger partial charge is 0.248 e. The maximum atomic E-state index is 11.6. The van der Waals surface area contributed by atoms with Gasteiger partial charge in [-0.2, -0.15) is 0 Å². The first-order valence-electron chi connectivity index (χ1n) is 8.44. The van der Waals surface area contributed by atoms with Gasteiger partial charge in [0.25, 0.3) is 0 Å². The lowest BCUT2D eigenvalue weighted by atomic mass is 9.88. The lowest BCUT2D eigenvalue weighted by molar-refractivity contribution is 0.295. The molecule has 126 valence electrons. The molecule has 0 spiro atoms. The first kappa shape index (κ1) is 15.6. The number of rotatable bonds is 3. The standard InChI is InChI=1S/C21H20N2O2/c1-21(2,18-11-6-12-19(24)23-18)20-22-17(13-25-20)16-10-5-8-14-7-3-4-9-15(14)16/h3-12,17H,13H2,1-2H3,(H,23,24)/t17-/m1/s1. The van der Waals surface area contributed by atoms with Crippen LogP contribution in [0.25, 0.3) is 10.8 Å². The molecule has 4 heteroatoms. The first-order chi connectivity index (χ1) is 12.1. The molecule has 0 saturated carbocycles. The number of H-pyrrole nitrogens is 1. The summed E-state index contributed by atoms with van der Waals surface area (Å²) in [6.07, 6.45) is 0. The second-order valence-corrected chi connectivity index (χ2v) is 6.88. The van der Waals surface area contributed by atoms with Gasteiger partial charge in [0.2, 0.25) is 5.56 Å². The number of hydrogen-bond donors (Lipinski definition) is 1. The van der Waals surface area contributed by atoms with Crippen LogP contribution in [0.2, 0.25) is 0 Å². The minimum absolute atomic E-state index is 0.0317. The van der Waals surface area contributed by atoms with Gasteiger partial charge in [0.05, 0.1) is 5.41 Å². The molecule has 4 rings (SSSR count). The van der Waals surface area contributed by atoms with Crippen LogP contribution in [-0.2, 0) is 10.2 Å². The molecule has 2 aromatic carbocycles. The highest BCUT2D eigenvalue weighted by Crippen LogP contribution is 2.34. The van der Waals surface area contributed by atoms with Crippen LogP contribution in [0.5, 0.6) is 0 Å². The second-order valence-electron chi connectivity index (χ2n) is 6.88. The Balaban J connectivity index is 1.73. The zero-order chi connectivity index (χ0) is 17.4. The number of nitrogens with one attached hydrogen (secondary N) is 1. The Hall–Kier alpha value is -2.88. The maximum Gasteiger partial charge on any atom is 0.248 e. The fourth-order valence-corrected chi connectivity index (χ4v) is 3.34. The summed E-state index contributed by atoms with van der Waals surface area (Å²) in [5, 5.41) is 2.41. The fourth-order valence-electron chi connectivity index (χ4n) is 3.34. The van der Waals surface area contributed by atoms with Gasteiger partial charge < -0.3 is 9.72 Å². The number of aromatic nitrogens is 1. The molecule has 1 N–H and O–H groups in total. The quantitative estimate of drug-likeness (QED) is 0.789. The highest BCUT2D eigenvalue weighted by molar-refractivity contribution is 5.90. The Bertz CT molecular complexity index is 1010. The number of pyridine rings is 1. The van der Waals surface area contributed by atoms with Crippen molar-refractivity contribution in [1.82, 2.24) is 4.98 Å². The lowest BCUT2D eigenvalue weighted by Gasteiger charge is -2.23. The molecule has 2 heterocycles. The lowest BCUT2D eigenvalue weighted by Crippen LogP contribution is -2.32. The molecule has 0 saturated heterocycles. The van der Waals surface area contributed by atoms with Gasteiger partial charge in [-0.1, -0.05) is 48.5 Å². The van der Waals surface area contributed by atoms with E-state index in [1.165, 1.54) is 22.4 Å².